The molecule has 1 saturated heterocycles. The van der Waals surface area contributed by atoms with E-state index in [1.165, 1.54) is 5.56 Å². The topological polar surface area (TPSA) is 33.2 Å². The van der Waals surface area contributed by atoms with E-state index < -0.39 is 0 Å². The van der Waals surface area contributed by atoms with Crippen molar-refractivity contribution in [2.24, 2.45) is 0 Å². The van der Waals surface area contributed by atoms with Crippen molar-refractivity contribution in [1.82, 2.24) is 9.88 Å². The van der Waals surface area contributed by atoms with Gasteiger partial charge in [-0.15, -0.1) is 0 Å². The molecule has 0 bridgehead atoms. The summed E-state index contributed by atoms with van der Waals surface area (Å²) >= 11 is 4.36. The van der Waals surface area contributed by atoms with Crippen molar-refractivity contribution in [1.29, 1.82) is 0 Å². The number of aromatic nitrogens is 1. The molecule has 3 nitrogen and oxygen atoms in total. The number of hydrogen-bond donors (Lipinski definition) is 1. The molecule has 3 rings (SSSR count). The molecule has 4 heteroatoms. The minimum absolute atomic E-state index is 0.197. The van der Waals surface area contributed by atoms with Gasteiger partial charge in [0.1, 0.15) is 0 Å². The van der Waals surface area contributed by atoms with Crippen LogP contribution in [0, 0.1) is 0 Å². The van der Waals surface area contributed by atoms with Gasteiger partial charge in [-0.2, -0.15) is 12.6 Å². The molecule has 0 radical (unpaired) electrons. The monoisotopic (exact) mass is 272 g/mol. The van der Waals surface area contributed by atoms with E-state index in [4.69, 9.17) is 0 Å². The number of benzene rings is 1. The molecule has 1 aromatic heterocycles. The first-order chi connectivity index (χ1) is 9.22. The third kappa shape index (κ3) is 2.73. The maximum absolute atomic E-state index is 11.7. The zero-order chi connectivity index (χ0) is 13.2. The number of fused-ring (bicyclic) bond motifs is 1. The number of hydrogen-bond acceptors (Lipinski definition) is 3. The fourth-order valence-corrected chi connectivity index (χ4v) is 2.84. The number of carbonyl (C=O) groups excluding carboxylic acids is 1. The van der Waals surface area contributed by atoms with Crippen molar-refractivity contribution in [3.63, 3.8) is 0 Å². The van der Waals surface area contributed by atoms with Crippen LogP contribution in [0.1, 0.15) is 12.0 Å². The SMILES string of the molecule is O=C1CC(S)CN1CCc1cnc2ccccc2c1. The summed E-state index contributed by atoms with van der Waals surface area (Å²) in [7, 11) is 0. The molecular formula is C15H16N2OS. The number of nitrogens with zero attached hydrogens (tertiary/aromatic N) is 2. The van der Waals surface area contributed by atoms with E-state index in [1.54, 1.807) is 0 Å². The Morgan fingerprint density at radius 1 is 1.37 bits per heavy atom. The summed E-state index contributed by atoms with van der Waals surface area (Å²) < 4.78 is 0. The first-order valence-electron chi connectivity index (χ1n) is 6.52. The van der Waals surface area contributed by atoms with E-state index in [-0.39, 0.29) is 11.2 Å². The number of para-hydroxylation sites is 1. The molecular weight excluding hydrogens is 256 g/mol. The minimum Gasteiger partial charge on any atom is -0.341 e. The van der Waals surface area contributed by atoms with E-state index in [0.29, 0.717) is 6.42 Å². The zero-order valence-electron chi connectivity index (χ0n) is 10.6. The molecule has 1 fully saturated rings. The minimum atomic E-state index is 0.197. The Bertz CT molecular complexity index is 614. The Hall–Kier alpha value is -1.55. The number of amides is 1. The van der Waals surface area contributed by atoms with Crippen LogP contribution in [-0.2, 0) is 11.2 Å². The molecule has 1 aliphatic rings. The Morgan fingerprint density at radius 2 is 2.21 bits per heavy atom. The highest BCUT2D eigenvalue weighted by Gasteiger charge is 2.26. The van der Waals surface area contributed by atoms with Gasteiger partial charge in [-0.05, 0) is 24.1 Å². The molecule has 0 saturated carbocycles. The molecule has 98 valence electrons. The lowest BCUT2D eigenvalue weighted by Crippen LogP contribution is -2.27. The van der Waals surface area contributed by atoms with Gasteiger partial charge in [0, 0.05) is 36.3 Å². The standard InChI is InChI=1S/C15H16N2OS/c18-15-8-13(19)10-17(15)6-5-11-7-12-3-1-2-4-14(12)16-9-11/h1-4,7,9,13,19H,5-6,8,10H2. The van der Waals surface area contributed by atoms with Crippen molar-refractivity contribution in [3.05, 3.63) is 42.1 Å². The van der Waals surface area contributed by atoms with Crippen molar-refractivity contribution < 1.29 is 4.79 Å². The predicted molar refractivity (Wildman–Crippen MR) is 79.4 cm³/mol. The lowest BCUT2D eigenvalue weighted by atomic mass is 10.1. The van der Waals surface area contributed by atoms with Gasteiger partial charge >= 0.3 is 0 Å². The van der Waals surface area contributed by atoms with E-state index in [0.717, 1.165) is 30.4 Å². The van der Waals surface area contributed by atoms with Gasteiger partial charge in [0.15, 0.2) is 0 Å². The smallest absolute Gasteiger partial charge is 0.223 e. The predicted octanol–water partition coefficient (Wildman–Crippen LogP) is 2.31. The van der Waals surface area contributed by atoms with Crippen LogP contribution >= 0.6 is 12.6 Å². The van der Waals surface area contributed by atoms with Crippen molar-refractivity contribution in [2.75, 3.05) is 13.1 Å². The molecule has 2 heterocycles. The quantitative estimate of drug-likeness (QED) is 0.870. The van der Waals surface area contributed by atoms with Gasteiger partial charge in [0.25, 0.3) is 0 Å². The average molecular weight is 272 g/mol. The maximum atomic E-state index is 11.7. The van der Waals surface area contributed by atoms with Crippen LogP contribution < -0.4 is 0 Å². The fraction of sp³-hybridized carbons (Fsp3) is 0.333. The van der Waals surface area contributed by atoms with Gasteiger partial charge in [0.05, 0.1) is 5.52 Å². The lowest BCUT2D eigenvalue weighted by molar-refractivity contribution is -0.127. The van der Waals surface area contributed by atoms with Crippen LogP contribution in [0.15, 0.2) is 36.5 Å². The van der Waals surface area contributed by atoms with Crippen molar-refractivity contribution in [3.8, 4) is 0 Å². The summed E-state index contributed by atoms with van der Waals surface area (Å²) in [5.41, 5.74) is 2.19. The zero-order valence-corrected chi connectivity index (χ0v) is 11.5. The molecule has 1 aromatic carbocycles. The second-order valence-electron chi connectivity index (χ2n) is 4.98. The highest BCUT2D eigenvalue weighted by atomic mass is 32.1. The Morgan fingerprint density at radius 3 is 3.00 bits per heavy atom. The molecule has 19 heavy (non-hydrogen) atoms. The highest BCUT2D eigenvalue weighted by molar-refractivity contribution is 7.81. The fourth-order valence-electron chi connectivity index (χ4n) is 2.48. The first kappa shape index (κ1) is 12.5. The largest absolute Gasteiger partial charge is 0.341 e. The first-order valence-corrected chi connectivity index (χ1v) is 7.03. The van der Waals surface area contributed by atoms with E-state index in [2.05, 4.69) is 29.7 Å². The summed E-state index contributed by atoms with van der Waals surface area (Å²) in [6.45, 7) is 1.53. The molecule has 2 aromatic rings. The third-order valence-electron chi connectivity index (χ3n) is 3.51. The van der Waals surface area contributed by atoms with Gasteiger partial charge in [-0.25, -0.2) is 0 Å². The van der Waals surface area contributed by atoms with Crippen LogP contribution in [0.3, 0.4) is 0 Å². The highest BCUT2D eigenvalue weighted by Crippen LogP contribution is 2.17. The Kier molecular flexibility index (Phi) is 3.42. The molecule has 0 N–H and O–H groups in total. The summed E-state index contributed by atoms with van der Waals surface area (Å²) in [4.78, 5) is 18.0. The van der Waals surface area contributed by atoms with Crippen LogP contribution in [0.5, 0.6) is 0 Å². The average Bonchev–Trinajstić information content (AvgIpc) is 2.74. The number of carbonyl (C=O) groups is 1. The van der Waals surface area contributed by atoms with Crippen LogP contribution in [0.2, 0.25) is 0 Å². The molecule has 1 amide bonds. The van der Waals surface area contributed by atoms with Crippen LogP contribution in [0.25, 0.3) is 10.9 Å². The Labute approximate surface area is 118 Å². The van der Waals surface area contributed by atoms with Crippen LogP contribution in [0.4, 0.5) is 0 Å². The number of likely N-dealkylation sites (tertiary alicyclic amines) is 1. The maximum Gasteiger partial charge on any atom is 0.223 e. The molecule has 1 unspecified atom stereocenters. The van der Waals surface area contributed by atoms with E-state index in [1.807, 2.05) is 29.3 Å². The molecule has 1 aliphatic heterocycles. The van der Waals surface area contributed by atoms with E-state index >= 15 is 0 Å². The lowest BCUT2D eigenvalue weighted by Gasteiger charge is -2.15. The van der Waals surface area contributed by atoms with Crippen molar-refractivity contribution in [2.45, 2.75) is 18.1 Å². The van der Waals surface area contributed by atoms with Gasteiger partial charge in [-0.1, -0.05) is 18.2 Å². The summed E-state index contributed by atoms with van der Waals surface area (Å²) in [6, 6.07) is 10.2. The van der Waals surface area contributed by atoms with Crippen molar-refractivity contribution >= 4 is 29.4 Å². The molecule has 0 spiro atoms. The number of pyridine rings is 1. The second kappa shape index (κ2) is 5.21. The number of thiol groups is 1. The third-order valence-corrected chi connectivity index (χ3v) is 3.86. The second-order valence-corrected chi connectivity index (χ2v) is 5.71. The summed E-state index contributed by atoms with van der Waals surface area (Å²) in [6.07, 6.45) is 3.32. The van der Waals surface area contributed by atoms with Gasteiger partial charge < -0.3 is 4.90 Å². The summed E-state index contributed by atoms with van der Waals surface area (Å²) in [5.74, 6) is 0.216. The molecule has 1 atom stereocenters. The van der Waals surface area contributed by atoms with E-state index in [9.17, 15) is 4.79 Å². The van der Waals surface area contributed by atoms with Gasteiger partial charge in [0.2, 0.25) is 5.91 Å². The number of rotatable bonds is 3. The van der Waals surface area contributed by atoms with Crippen LogP contribution in [-0.4, -0.2) is 34.1 Å². The van der Waals surface area contributed by atoms with Gasteiger partial charge in [-0.3, -0.25) is 9.78 Å². The molecule has 0 aliphatic carbocycles. The summed E-state index contributed by atoms with van der Waals surface area (Å²) in [5, 5.41) is 1.35. The normalized spacial score (nSPS) is 19.3. The Balaban J connectivity index is 1.70.